The van der Waals surface area contributed by atoms with Crippen molar-refractivity contribution in [3.63, 3.8) is 0 Å². The Bertz CT molecular complexity index is 288. The number of methoxy groups -OCH3 is 1. The minimum absolute atomic E-state index is 0.0616. The van der Waals surface area contributed by atoms with E-state index in [1.54, 1.807) is 7.11 Å². The zero-order valence-electron chi connectivity index (χ0n) is 13.1. The minimum atomic E-state index is -0.440. The van der Waals surface area contributed by atoms with Crippen molar-refractivity contribution in [3.8, 4) is 0 Å². The molecule has 0 aromatic heterocycles. The average Bonchev–Trinajstić information content (AvgIpc) is 2.87. The van der Waals surface area contributed by atoms with Crippen molar-refractivity contribution >= 4 is 17.7 Å². The molecular weight excluding hydrogens is 274 g/mol. The first-order valence-corrected chi connectivity index (χ1v) is 8.76. The zero-order chi connectivity index (χ0) is 14.8. The van der Waals surface area contributed by atoms with E-state index >= 15 is 0 Å². The lowest BCUT2D eigenvalue weighted by Crippen LogP contribution is -2.51. The number of ether oxygens (including phenoxy) is 2. The molecule has 0 aromatic carbocycles. The number of nitrogens with one attached hydrogen (secondary N) is 1. The topological polar surface area (TPSA) is 47.6 Å². The maximum atomic E-state index is 12.3. The van der Waals surface area contributed by atoms with Gasteiger partial charge in [0.25, 0.3) is 0 Å². The van der Waals surface area contributed by atoms with Crippen molar-refractivity contribution in [1.29, 1.82) is 0 Å². The van der Waals surface area contributed by atoms with Crippen LogP contribution >= 0.6 is 11.8 Å². The molecule has 2 atom stereocenters. The van der Waals surface area contributed by atoms with Gasteiger partial charge in [0.15, 0.2) is 0 Å². The van der Waals surface area contributed by atoms with Crippen molar-refractivity contribution in [3.05, 3.63) is 0 Å². The summed E-state index contributed by atoms with van der Waals surface area (Å²) in [4.78, 5) is 12.3. The monoisotopic (exact) mass is 303 g/mol. The summed E-state index contributed by atoms with van der Waals surface area (Å²) in [5.41, 5.74) is -0.440. The molecule has 5 heteroatoms. The van der Waals surface area contributed by atoms with Gasteiger partial charge in [-0.1, -0.05) is 6.92 Å². The van der Waals surface area contributed by atoms with Crippen LogP contribution in [0.5, 0.6) is 0 Å². The fraction of sp³-hybridized carbons (Fsp3) is 0.933. The normalized spacial score (nSPS) is 25.9. The SMILES string of the molecule is CCCNC1(C(=O)OCC)CCC(SCCCOC)C1. The summed E-state index contributed by atoms with van der Waals surface area (Å²) in [7, 11) is 1.74. The second-order valence-electron chi connectivity index (χ2n) is 5.31. The number of carbonyl (C=O) groups is 1. The van der Waals surface area contributed by atoms with Crippen LogP contribution in [0, 0.1) is 0 Å². The Kier molecular flexibility index (Phi) is 8.57. The van der Waals surface area contributed by atoms with Gasteiger partial charge < -0.3 is 14.8 Å². The Hall–Kier alpha value is -0.260. The smallest absolute Gasteiger partial charge is 0.326 e. The van der Waals surface area contributed by atoms with Gasteiger partial charge >= 0.3 is 5.97 Å². The Morgan fingerprint density at radius 3 is 2.90 bits per heavy atom. The van der Waals surface area contributed by atoms with Gasteiger partial charge in [-0.3, -0.25) is 4.79 Å². The molecule has 0 aliphatic heterocycles. The highest BCUT2D eigenvalue weighted by Gasteiger charge is 2.46. The summed E-state index contributed by atoms with van der Waals surface area (Å²) in [6.45, 7) is 6.14. The number of rotatable bonds is 10. The summed E-state index contributed by atoms with van der Waals surface area (Å²) in [6, 6.07) is 0. The summed E-state index contributed by atoms with van der Waals surface area (Å²) in [6.07, 6.45) is 4.99. The second-order valence-corrected chi connectivity index (χ2v) is 6.72. The molecule has 0 aromatic rings. The van der Waals surface area contributed by atoms with Crippen LogP contribution in [0.3, 0.4) is 0 Å². The number of hydrogen-bond acceptors (Lipinski definition) is 5. The number of carbonyl (C=O) groups excluding carboxylic acids is 1. The van der Waals surface area contributed by atoms with E-state index in [9.17, 15) is 4.79 Å². The minimum Gasteiger partial charge on any atom is -0.465 e. The van der Waals surface area contributed by atoms with Gasteiger partial charge in [-0.25, -0.2) is 0 Å². The Morgan fingerprint density at radius 1 is 1.45 bits per heavy atom. The van der Waals surface area contributed by atoms with E-state index in [4.69, 9.17) is 9.47 Å². The molecule has 0 spiro atoms. The van der Waals surface area contributed by atoms with Crippen molar-refractivity contribution in [2.75, 3.05) is 32.6 Å². The van der Waals surface area contributed by atoms with E-state index in [2.05, 4.69) is 12.2 Å². The molecule has 2 unspecified atom stereocenters. The molecule has 0 radical (unpaired) electrons. The molecule has 4 nitrogen and oxygen atoms in total. The predicted octanol–water partition coefficient (Wildman–Crippen LogP) is 2.61. The van der Waals surface area contributed by atoms with Crippen molar-refractivity contribution in [2.45, 2.75) is 56.7 Å². The van der Waals surface area contributed by atoms with Crippen LogP contribution in [-0.2, 0) is 14.3 Å². The van der Waals surface area contributed by atoms with Crippen LogP contribution in [0.15, 0.2) is 0 Å². The van der Waals surface area contributed by atoms with Crippen LogP contribution in [0.2, 0.25) is 0 Å². The quantitative estimate of drug-likeness (QED) is 0.496. The van der Waals surface area contributed by atoms with Crippen LogP contribution in [0.4, 0.5) is 0 Å². The van der Waals surface area contributed by atoms with Crippen molar-refractivity contribution < 1.29 is 14.3 Å². The van der Waals surface area contributed by atoms with E-state index in [1.165, 1.54) is 0 Å². The van der Waals surface area contributed by atoms with Gasteiger partial charge in [0.1, 0.15) is 5.54 Å². The third kappa shape index (κ3) is 5.26. The highest BCUT2D eigenvalue weighted by Crippen LogP contribution is 2.38. The average molecular weight is 303 g/mol. The Balaban J connectivity index is 2.48. The summed E-state index contributed by atoms with van der Waals surface area (Å²) in [5, 5.41) is 4.00. The molecule has 0 amide bonds. The second kappa shape index (κ2) is 9.64. The molecular formula is C15H29NO3S. The number of thioether (sulfide) groups is 1. The first-order chi connectivity index (χ1) is 9.68. The lowest BCUT2D eigenvalue weighted by Gasteiger charge is -2.28. The van der Waals surface area contributed by atoms with Gasteiger partial charge in [0.05, 0.1) is 6.61 Å². The lowest BCUT2D eigenvalue weighted by atomic mass is 9.97. The standard InChI is InChI=1S/C15H29NO3S/c1-4-9-16-15(14(17)19-5-2)8-7-13(12-15)20-11-6-10-18-3/h13,16H,4-12H2,1-3H3. The van der Waals surface area contributed by atoms with Crippen LogP contribution in [-0.4, -0.2) is 49.4 Å². The predicted molar refractivity (Wildman–Crippen MR) is 84.2 cm³/mol. The molecule has 1 aliphatic carbocycles. The molecule has 0 bridgehead atoms. The highest BCUT2D eigenvalue weighted by molar-refractivity contribution is 7.99. The molecule has 118 valence electrons. The molecule has 1 fully saturated rings. The molecule has 1 saturated carbocycles. The maximum Gasteiger partial charge on any atom is 0.326 e. The lowest BCUT2D eigenvalue weighted by molar-refractivity contribution is -0.151. The van der Waals surface area contributed by atoms with Crippen molar-refractivity contribution in [2.24, 2.45) is 0 Å². The summed E-state index contributed by atoms with van der Waals surface area (Å²) in [5.74, 6) is 1.04. The highest BCUT2D eigenvalue weighted by atomic mass is 32.2. The Labute approximate surface area is 127 Å². The van der Waals surface area contributed by atoms with E-state index in [-0.39, 0.29) is 5.97 Å². The molecule has 1 aliphatic rings. The first kappa shape index (κ1) is 17.8. The van der Waals surface area contributed by atoms with Crippen LogP contribution in [0.25, 0.3) is 0 Å². The van der Waals surface area contributed by atoms with Gasteiger partial charge in [0.2, 0.25) is 0 Å². The van der Waals surface area contributed by atoms with Gasteiger partial charge in [-0.05, 0) is 51.3 Å². The Morgan fingerprint density at radius 2 is 2.25 bits per heavy atom. The first-order valence-electron chi connectivity index (χ1n) is 7.71. The van der Waals surface area contributed by atoms with Gasteiger partial charge in [-0.15, -0.1) is 0 Å². The third-order valence-electron chi connectivity index (χ3n) is 3.70. The molecule has 20 heavy (non-hydrogen) atoms. The fourth-order valence-electron chi connectivity index (χ4n) is 2.65. The summed E-state index contributed by atoms with van der Waals surface area (Å²) >= 11 is 1.97. The molecule has 1 rings (SSSR count). The van der Waals surface area contributed by atoms with E-state index in [0.29, 0.717) is 11.9 Å². The molecule has 0 heterocycles. The molecule has 0 saturated heterocycles. The van der Waals surface area contributed by atoms with Crippen molar-refractivity contribution in [1.82, 2.24) is 5.32 Å². The van der Waals surface area contributed by atoms with E-state index < -0.39 is 5.54 Å². The summed E-state index contributed by atoms with van der Waals surface area (Å²) < 4.78 is 10.4. The maximum absolute atomic E-state index is 12.3. The molecule has 1 N–H and O–H groups in total. The van der Waals surface area contributed by atoms with Gasteiger partial charge in [0, 0.05) is 19.0 Å². The fourth-order valence-corrected chi connectivity index (χ4v) is 3.95. The van der Waals surface area contributed by atoms with E-state index in [0.717, 1.165) is 51.0 Å². The zero-order valence-corrected chi connectivity index (χ0v) is 13.9. The largest absolute Gasteiger partial charge is 0.465 e. The van der Waals surface area contributed by atoms with E-state index in [1.807, 2.05) is 18.7 Å². The van der Waals surface area contributed by atoms with Crippen LogP contribution < -0.4 is 5.32 Å². The third-order valence-corrected chi connectivity index (χ3v) is 5.09. The van der Waals surface area contributed by atoms with Gasteiger partial charge in [-0.2, -0.15) is 11.8 Å². The van der Waals surface area contributed by atoms with Crippen LogP contribution in [0.1, 0.15) is 46.0 Å². The number of esters is 1. The number of hydrogen-bond donors (Lipinski definition) is 1.